The minimum absolute atomic E-state index is 0.0406. The summed E-state index contributed by atoms with van der Waals surface area (Å²) in [6.45, 7) is 10.9. The largest absolute Gasteiger partial charge is 0.379 e. The van der Waals surface area contributed by atoms with Crippen molar-refractivity contribution >= 4 is 23.6 Å². The second-order valence-electron chi connectivity index (χ2n) is 6.81. The van der Waals surface area contributed by atoms with E-state index in [1.165, 1.54) is 0 Å². The Morgan fingerprint density at radius 1 is 0.786 bits per heavy atom. The second-order valence-corrected chi connectivity index (χ2v) is 7.79. The lowest BCUT2D eigenvalue weighted by Gasteiger charge is -2.21. The summed E-state index contributed by atoms with van der Waals surface area (Å²) < 4.78 is 16.4. The number of ether oxygens (including phenoxy) is 3. The van der Waals surface area contributed by atoms with Crippen LogP contribution in [-0.2, 0) is 23.8 Å². The zero-order valence-corrected chi connectivity index (χ0v) is 19.1. The van der Waals surface area contributed by atoms with E-state index < -0.39 is 5.92 Å². The van der Waals surface area contributed by atoms with Crippen molar-refractivity contribution in [1.29, 1.82) is 0 Å². The monoisotopic (exact) mass is 420 g/mol. The minimum Gasteiger partial charge on any atom is -0.379 e. The van der Waals surface area contributed by atoms with Crippen LogP contribution in [0.15, 0.2) is 0 Å². The fourth-order valence-electron chi connectivity index (χ4n) is 2.16. The van der Waals surface area contributed by atoms with Gasteiger partial charge in [-0.15, -0.1) is 0 Å². The third kappa shape index (κ3) is 14.2. The van der Waals surface area contributed by atoms with E-state index in [0.29, 0.717) is 39.5 Å². The highest BCUT2D eigenvalue weighted by atomic mass is 32.2. The maximum atomic E-state index is 12.5. The molecule has 166 valence electrons. The molecule has 7 nitrogen and oxygen atoms in total. The highest BCUT2D eigenvalue weighted by molar-refractivity contribution is 7.98. The molecule has 0 saturated carbocycles. The molecule has 8 heteroatoms. The molecule has 0 aromatic heterocycles. The van der Waals surface area contributed by atoms with E-state index in [-0.39, 0.29) is 23.9 Å². The first-order valence-corrected chi connectivity index (χ1v) is 11.7. The summed E-state index contributed by atoms with van der Waals surface area (Å²) in [7, 11) is 0. The molecule has 0 radical (unpaired) electrons. The standard InChI is InChI=1S/C20H40N2O5S/c1-6-16(3)21-19(23)18(20(24)22-17(4)7-2)8-9-25-10-11-26-12-13-27-14-15-28-5/h16-18H,6-15H2,1-5H3,(H,21,23)(H,22,24). The Balaban J connectivity index is 4.13. The van der Waals surface area contributed by atoms with E-state index >= 15 is 0 Å². The molecule has 0 aliphatic carbocycles. The Hall–Kier alpha value is -0.830. The molecule has 28 heavy (non-hydrogen) atoms. The van der Waals surface area contributed by atoms with Crippen molar-refractivity contribution in [2.24, 2.45) is 5.92 Å². The van der Waals surface area contributed by atoms with Crippen LogP contribution in [0.3, 0.4) is 0 Å². The fraction of sp³-hybridized carbons (Fsp3) is 0.900. The fourth-order valence-corrected chi connectivity index (χ4v) is 2.44. The molecule has 0 aliphatic heterocycles. The Kier molecular flexibility index (Phi) is 17.7. The Labute approximate surface area is 175 Å². The number of thioether (sulfide) groups is 1. The van der Waals surface area contributed by atoms with E-state index in [4.69, 9.17) is 14.2 Å². The van der Waals surface area contributed by atoms with Crippen LogP contribution in [-0.4, -0.2) is 75.5 Å². The molecule has 2 atom stereocenters. The van der Waals surface area contributed by atoms with Crippen LogP contribution in [0.4, 0.5) is 0 Å². The second kappa shape index (κ2) is 18.2. The van der Waals surface area contributed by atoms with Crippen molar-refractivity contribution < 1.29 is 23.8 Å². The van der Waals surface area contributed by atoms with Gasteiger partial charge >= 0.3 is 0 Å². The van der Waals surface area contributed by atoms with E-state index in [0.717, 1.165) is 25.2 Å². The van der Waals surface area contributed by atoms with E-state index in [2.05, 4.69) is 10.6 Å². The summed E-state index contributed by atoms with van der Waals surface area (Å²) in [5.74, 6) is -0.233. The van der Waals surface area contributed by atoms with Gasteiger partial charge in [-0.2, -0.15) is 11.8 Å². The van der Waals surface area contributed by atoms with Crippen molar-refractivity contribution in [3.8, 4) is 0 Å². The first-order valence-electron chi connectivity index (χ1n) is 10.3. The van der Waals surface area contributed by atoms with E-state index in [1.54, 1.807) is 11.8 Å². The lowest BCUT2D eigenvalue weighted by atomic mass is 10.0. The Morgan fingerprint density at radius 2 is 1.21 bits per heavy atom. The summed E-state index contributed by atoms with van der Waals surface area (Å²) in [5, 5.41) is 5.79. The van der Waals surface area contributed by atoms with E-state index in [1.807, 2.05) is 34.0 Å². The van der Waals surface area contributed by atoms with Gasteiger partial charge in [0.25, 0.3) is 0 Å². The number of hydrogen-bond donors (Lipinski definition) is 2. The minimum atomic E-state index is -0.742. The van der Waals surface area contributed by atoms with Crippen LogP contribution in [0.1, 0.15) is 47.0 Å². The first kappa shape index (κ1) is 27.2. The third-order valence-electron chi connectivity index (χ3n) is 4.36. The van der Waals surface area contributed by atoms with Gasteiger partial charge in [-0.05, 0) is 39.4 Å². The molecule has 0 spiro atoms. The molecule has 0 bridgehead atoms. The van der Waals surface area contributed by atoms with Crippen molar-refractivity contribution in [1.82, 2.24) is 10.6 Å². The first-order chi connectivity index (χ1) is 13.5. The van der Waals surface area contributed by atoms with Crippen molar-refractivity contribution in [2.45, 2.75) is 59.0 Å². The van der Waals surface area contributed by atoms with Crippen LogP contribution < -0.4 is 10.6 Å². The molecule has 0 aliphatic rings. The average Bonchev–Trinajstić information content (AvgIpc) is 2.68. The molecule has 0 rings (SSSR count). The smallest absolute Gasteiger partial charge is 0.232 e. The number of carbonyl (C=O) groups is 2. The van der Waals surface area contributed by atoms with Crippen molar-refractivity contribution in [3.63, 3.8) is 0 Å². The SMILES string of the molecule is CCC(C)NC(=O)C(CCOCCOCCOCCSC)C(=O)NC(C)CC. The zero-order valence-electron chi connectivity index (χ0n) is 18.3. The quantitative estimate of drug-likeness (QED) is 0.261. The molecule has 2 N–H and O–H groups in total. The summed E-state index contributed by atoms with van der Waals surface area (Å²) in [4.78, 5) is 24.9. The third-order valence-corrected chi connectivity index (χ3v) is 4.94. The van der Waals surface area contributed by atoms with Gasteiger partial charge in [-0.1, -0.05) is 13.8 Å². The van der Waals surface area contributed by atoms with Gasteiger partial charge in [-0.3, -0.25) is 9.59 Å². The summed E-state index contributed by atoms with van der Waals surface area (Å²) in [6, 6.07) is 0.0812. The number of carbonyl (C=O) groups excluding carboxylic acids is 2. The predicted octanol–water partition coefficient (Wildman–Crippen LogP) is 2.23. The summed E-state index contributed by atoms with van der Waals surface area (Å²) >= 11 is 1.75. The molecule has 0 saturated heterocycles. The molecular weight excluding hydrogens is 380 g/mol. The van der Waals surface area contributed by atoms with Crippen molar-refractivity contribution in [2.75, 3.05) is 51.6 Å². The molecule has 0 aromatic rings. The van der Waals surface area contributed by atoms with Gasteiger partial charge in [0.05, 0.1) is 33.0 Å². The highest BCUT2D eigenvalue weighted by Gasteiger charge is 2.27. The normalized spacial score (nSPS) is 14.3. The Morgan fingerprint density at radius 3 is 1.64 bits per heavy atom. The van der Waals surface area contributed by atoms with Crippen LogP contribution in [0, 0.1) is 5.92 Å². The summed E-state index contributed by atoms with van der Waals surface area (Å²) in [5.41, 5.74) is 0. The van der Waals surface area contributed by atoms with Crippen LogP contribution in [0.5, 0.6) is 0 Å². The van der Waals surface area contributed by atoms with E-state index in [9.17, 15) is 9.59 Å². The predicted molar refractivity (Wildman–Crippen MR) is 115 cm³/mol. The number of nitrogens with one attached hydrogen (secondary N) is 2. The van der Waals surface area contributed by atoms with Gasteiger partial charge in [-0.25, -0.2) is 0 Å². The molecule has 0 aromatic carbocycles. The highest BCUT2D eigenvalue weighted by Crippen LogP contribution is 2.07. The Bertz CT molecular complexity index is 388. The number of amides is 2. The molecular formula is C20H40N2O5S. The lowest BCUT2D eigenvalue weighted by Crippen LogP contribution is -2.46. The van der Waals surface area contributed by atoms with Crippen LogP contribution in [0.2, 0.25) is 0 Å². The maximum Gasteiger partial charge on any atom is 0.232 e. The van der Waals surface area contributed by atoms with Gasteiger partial charge in [0.15, 0.2) is 0 Å². The van der Waals surface area contributed by atoms with Crippen molar-refractivity contribution in [3.05, 3.63) is 0 Å². The zero-order chi connectivity index (χ0) is 21.2. The van der Waals surface area contributed by atoms with Crippen LogP contribution in [0.25, 0.3) is 0 Å². The van der Waals surface area contributed by atoms with Gasteiger partial charge in [0, 0.05) is 24.4 Å². The van der Waals surface area contributed by atoms with Crippen LogP contribution >= 0.6 is 11.8 Å². The molecule has 0 heterocycles. The maximum absolute atomic E-state index is 12.5. The lowest BCUT2D eigenvalue weighted by molar-refractivity contribution is -0.136. The molecule has 0 fully saturated rings. The number of rotatable bonds is 18. The van der Waals surface area contributed by atoms with Gasteiger partial charge in [0.2, 0.25) is 11.8 Å². The average molecular weight is 421 g/mol. The number of hydrogen-bond acceptors (Lipinski definition) is 6. The van der Waals surface area contributed by atoms with Gasteiger partial charge in [0.1, 0.15) is 5.92 Å². The summed E-state index contributed by atoms with van der Waals surface area (Å²) in [6.07, 6.45) is 4.03. The van der Waals surface area contributed by atoms with Gasteiger partial charge < -0.3 is 24.8 Å². The molecule has 2 unspecified atom stereocenters. The topological polar surface area (TPSA) is 85.9 Å². The molecule has 2 amide bonds.